The molecule has 2 saturated heterocycles. The summed E-state index contributed by atoms with van der Waals surface area (Å²) in [6.07, 6.45) is 7.76. The van der Waals surface area contributed by atoms with E-state index in [1.165, 1.54) is 43.2 Å². The highest BCUT2D eigenvalue weighted by Crippen LogP contribution is 2.39. The van der Waals surface area contributed by atoms with Gasteiger partial charge in [-0.05, 0) is 50.5 Å². The Kier molecular flexibility index (Phi) is 2.72. The number of ether oxygens (including phenoxy) is 1. The molecule has 0 radical (unpaired) electrons. The molecule has 3 aliphatic rings. The largest absolute Gasteiger partial charge is 0.375 e. The van der Waals surface area contributed by atoms with Crippen LogP contribution in [0.5, 0.6) is 0 Å². The van der Waals surface area contributed by atoms with Gasteiger partial charge in [0.05, 0.1) is 12.2 Å². The summed E-state index contributed by atoms with van der Waals surface area (Å²) in [7, 11) is 0. The zero-order chi connectivity index (χ0) is 11.0. The lowest BCUT2D eigenvalue weighted by molar-refractivity contribution is -0.173. The van der Waals surface area contributed by atoms with Crippen molar-refractivity contribution in [1.82, 2.24) is 0 Å². The molecule has 0 spiro atoms. The molecule has 2 aliphatic heterocycles. The van der Waals surface area contributed by atoms with Crippen LogP contribution in [0.25, 0.3) is 0 Å². The third-order valence-electron chi connectivity index (χ3n) is 4.06. The number of fused-ring (bicyclic) bond motifs is 2. The van der Waals surface area contributed by atoms with Crippen molar-refractivity contribution in [3.63, 3.8) is 0 Å². The first-order chi connectivity index (χ1) is 7.79. The fourth-order valence-electron chi connectivity index (χ4n) is 3.06. The van der Waals surface area contributed by atoms with Crippen LogP contribution in [0.3, 0.4) is 0 Å². The van der Waals surface area contributed by atoms with Gasteiger partial charge in [0.25, 0.3) is 0 Å². The summed E-state index contributed by atoms with van der Waals surface area (Å²) in [6.45, 7) is 2.15. The van der Waals surface area contributed by atoms with Gasteiger partial charge in [-0.3, -0.25) is 0 Å². The van der Waals surface area contributed by atoms with Crippen LogP contribution in [-0.2, 0) is 11.2 Å². The summed E-state index contributed by atoms with van der Waals surface area (Å²) < 4.78 is 5.67. The predicted octanol–water partition coefficient (Wildman–Crippen LogP) is 3.50. The summed E-state index contributed by atoms with van der Waals surface area (Å²) in [6, 6.07) is 8.98. The molecular formula is C15H20O. The number of aryl methyl sites for hydroxylation is 2. The van der Waals surface area contributed by atoms with Crippen molar-refractivity contribution < 1.29 is 4.74 Å². The van der Waals surface area contributed by atoms with E-state index in [-0.39, 0.29) is 0 Å². The fourth-order valence-corrected chi connectivity index (χ4v) is 3.06. The van der Waals surface area contributed by atoms with Gasteiger partial charge < -0.3 is 4.74 Å². The van der Waals surface area contributed by atoms with E-state index in [2.05, 4.69) is 31.2 Å². The van der Waals surface area contributed by atoms with E-state index >= 15 is 0 Å². The summed E-state index contributed by atoms with van der Waals surface area (Å²) in [5.74, 6) is 0.916. The highest BCUT2D eigenvalue weighted by Gasteiger charge is 2.38. The Balaban J connectivity index is 1.51. The first-order valence-corrected chi connectivity index (χ1v) is 6.50. The second kappa shape index (κ2) is 4.21. The Morgan fingerprint density at radius 1 is 1.06 bits per heavy atom. The standard InChI is InChI=1S/C15H20O/c1-11-2-4-12(5-3-11)6-7-13-8-14-10-15(9-13)16-14/h2-5,13-15H,6-10H2,1H3. The van der Waals surface area contributed by atoms with Gasteiger partial charge in [-0.1, -0.05) is 29.8 Å². The molecule has 1 saturated carbocycles. The Morgan fingerprint density at radius 2 is 1.69 bits per heavy atom. The van der Waals surface area contributed by atoms with Gasteiger partial charge in [0.15, 0.2) is 0 Å². The van der Waals surface area contributed by atoms with Crippen LogP contribution in [0.15, 0.2) is 24.3 Å². The molecule has 1 aromatic carbocycles. The maximum absolute atomic E-state index is 5.67. The van der Waals surface area contributed by atoms with Crippen molar-refractivity contribution in [2.24, 2.45) is 5.92 Å². The first kappa shape index (κ1) is 10.3. The molecule has 1 heteroatoms. The molecular weight excluding hydrogens is 196 g/mol. The Hall–Kier alpha value is -0.820. The van der Waals surface area contributed by atoms with Crippen molar-refractivity contribution in [2.75, 3.05) is 0 Å². The lowest BCUT2D eigenvalue weighted by Gasteiger charge is -2.45. The minimum Gasteiger partial charge on any atom is -0.375 e. The minimum absolute atomic E-state index is 0.613. The van der Waals surface area contributed by atoms with Crippen LogP contribution >= 0.6 is 0 Å². The summed E-state index contributed by atoms with van der Waals surface area (Å²) >= 11 is 0. The molecule has 0 N–H and O–H groups in total. The second-order valence-corrected chi connectivity index (χ2v) is 5.48. The average molecular weight is 216 g/mol. The van der Waals surface area contributed by atoms with Crippen molar-refractivity contribution in [2.45, 2.75) is 51.2 Å². The van der Waals surface area contributed by atoms with Crippen LogP contribution in [0.4, 0.5) is 0 Å². The van der Waals surface area contributed by atoms with E-state index in [1.54, 1.807) is 0 Å². The summed E-state index contributed by atoms with van der Waals surface area (Å²) in [5, 5.41) is 0. The van der Waals surface area contributed by atoms with E-state index in [0.717, 1.165) is 5.92 Å². The zero-order valence-corrected chi connectivity index (χ0v) is 9.99. The smallest absolute Gasteiger partial charge is 0.0606 e. The van der Waals surface area contributed by atoms with E-state index in [9.17, 15) is 0 Å². The number of hydrogen-bond acceptors (Lipinski definition) is 1. The number of rotatable bonds is 3. The van der Waals surface area contributed by atoms with E-state index < -0.39 is 0 Å². The number of benzene rings is 1. The molecule has 3 fully saturated rings. The second-order valence-electron chi connectivity index (χ2n) is 5.48. The van der Waals surface area contributed by atoms with Crippen molar-refractivity contribution in [1.29, 1.82) is 0 Å². The highest BCUT2D eigenvalue weighted by atomic mass is 16.5. The van der Waals surface area contributed by atoms with E-state index in [0.29, 0.717) is 12.2 Å². The Bertz CT molecular complexity index is 338. The molecule has 86 valence electrons. The van der Waals surface area contributed by atoms with E-state index in [4.69, 9.17) is 4.74 Å². The molecule has 0 aromatic heterocycles. The van der Waals surface area contributed by atoms with Crippen LogP contribution in [0.2, 0.25) is 0 Å². The van der Waals surface area contributed by atoms with Gasteiger partial charge in [-0.25, -0.2) is 0 Å². The Labute approximate surface area is 97.8 Å². The van der Waals surface area contributed by atoms with Gasteiger partial charge in [0.1, 0.15) is 0 Å². The third kappa shape index (κ3) is 2.15. The minimum atomic E-state index is 0.613. The monoisotopic (exact) mass is 216 g/mol. The maximum Gasteiger partial charge on any atom is 0.0606 e. The molecule has 1 nitrogen and oxygen atoms in total. The number of hydrogen-bond donors (Lipinski definition) is 0. The van der Waals surface area contributed by atoms with Crippen molar-refractivity contribution in [3.05, 3.63) is 35.4 Å². The molecule has 1 aliphatic carbocycles. The summed E-state index contributed by atoms with van der Waals surface area (Å²) in [5.41, 5.74) is 2.85. The summed E-state index contributed by atoms with van der Waals surface area (Å²) in [4.78, 5) is 0. The molecule has 2 bridgehead atoms. The van der Waals surface area contributed by atoms with Gasteiger partial charge >= 0.3 is 0 Å². The SMILES string of the molecule is Cc1ccc(CCC2CC3CC(C2)O3)cc1. The van der Waals surface area contributed by atoms with Crippen molar-refractivity contribution >= 4 is 0 Å². The molecule has 16 heavy (non-hydrogen) atoms. The highest BCUT2D eigenvalue weighted by molar-refractivity contribution is 5.21. The van der Waals surface area contributed by atoms with Gasteiger partial charge in [0.2, 0.25) is 0 Å². The van der Waals surface area contributed by atoms with Crippen LogP contribution in [0.1, 0.15) is 36.8 Å². The fraction of sp³-hybridized carbons (Fsp3) is 0.600. The van der Waals surface area contributed by atoms with E-state index in [1.807, 2.05) is 0 Å². The zero-order valence-electron chi connectivity index (χ0n) is 9.99. The maximum atomic E-state index is 5.67. The third-order valence-corrected chi connectivity index (χ3v) is 4.06. The molecule has 2 heterocycles. The molecule has 1 aromatic rings. The molecule has 2 unspecified atom stereocenters. The van der Waals surface area contributed by atoms with Crippen LogP contribution in [-0.4, -0.2) is 12.2 Å². The van der Waals surface area contributed by atoms with Gasteiger partial charge in [-0.15, -0.1) is 0 Å². The van der Waals surface area contributed by atoms with Gasteiger partial charge in [-0.2, -0.15) is 0 Å². The van der Waals surface area contributed by atoms with Crippen LogP contribution in [0, 0.1) is 12.8 Å². The van der Waals surface area contributed by atoms with Gasteiger partial charge in [0, 0.05) is 0 Å². The lowest BCUT2D eigenvalue weighted by Crippen LogP contribution is -2.45. The first-order valence-electron chi connectivity index (χ1n) is 6.50. The lowest BCUT2D eigenvalue weighted by atomic mass is 9.78. The average Bonchev–Trinajstić information content (AvgIpc) is 2.28. The normalized spacial score (nSPS) is 32.2. The van der Waals surface area contributed by atoms with Crippen molar-refractivity contribution in [3.8, 4) is 0 Å². The molecule has 4 rings (SSSR count). The molecule has 2 atom stereocenters. The molecule has 0 amide bonds. The predicted molar refractivity (Wildman–Crippen MR) is 65.5 cm³/mol. The van der Waals surface area contributed by atoms with Crippen LogP contribution < -0.4 is 0 Å². The Morgan fingerprint density at radius 3 is 2.31 bits per heavy atom. The quantitative estimate of drug-likeness (QED) is 0.751. The topological polar surface area (TPSA) is 9.23 Å².